The fraction of sp³-hybridized carbons (Fsp3) is 1.00. The highest BCUT2D eigenvalue weighted by atomic mass is 16.5. The number of morpholine rings is 1. The molecule has 3 heteroatoms. The van der Waals surface area contributed by atoms with E-state index < -0.39 is 0 Å². The highest BCUT2D eigenvalue weighted by molar-refractivity contribution is 5.03. The minimum absolute atomic E-state index is 0.199. The van der Waals surface area contributed by atoms with Gasteiger partial charge in [-0.2, -0.15) is 0 Å². The van der Waals surface area contributed by atoms with Crippen LogP contribution >= 0.6 is 0 Å². The second kappa shape index (κ2) is 5.10. The van der Waals surface area contributed by atoms with Crippen LogP contribution in [0.2, 0.25) is 0 Å². The molecule has 0 aromatic rings. The van der Waals surface area contributed by atoms with Crippen molar-refractivity contribution in [1.29, 1.82) is 0 Å². The van der Waals surface area contributed by atoms with Crippen molar-refractivity contribution in [3.05, 3.63) is 0 Å². The van der Waals surface area contributed by atoms with E-state index in [1.165, 1.54) is 19.3 Å². The van der Waals surface area contributed by atoms with E-state index >= 15 is 0 Å². The predicted octanol–water partition coefficient (Wildman–Crippen LogP) is 2.25. The molecule has 3 unspecified atom stereocenters. The van der Waals surface area contributed by atoms with Crippen molar-refractivity contribution in [3.63, 3.8) is 0 Å². The molecule has 0 aromatic heterocycles. The molecular weight excluding hydrogens is 224 g/mol. The topological polar surface area (TPSA) is 38.5 Å². The SMILES string of the molecule is CC1CC(C)(C)CC(CN)(N2CCOCC2C)C1. The van der Waals surface area contributed by atoms with Crippen molar-refractivity contribution >= 4 is 0 Å². The molecule has 1 aliphatic heterocycles. The van der Waals surface area contributed by atoms with Gasteiger partial charge >= 0.3 is 0 Å². The lowest BCUT2D eigenvalue weighted by molar-refractivity contribution is -0.0929. The molecule has 0 amide bonds. The van der Waals surface area contributed by atoms with Crippen molar-refractivity contribution in [2.45, 2.75) is 58.5 Å². The van der Waals surface area contributed by atoms with E-state index in [0.717, 1.165) is 32.2 Å². The first-order valence-electron chi connectivity index (χ1n) is 7.43. The second-order valence-corrected chi connectivity index (χ2v) is 7.40. The highest BCUT2D eigenvalue weighted by Crippen LogP contribution is 2.46. The van der Waals surface area contributed by atoms with Crippen LogP contribution in [0.1, 0.15) is 47.0 Å². The van der Waals surface area contributed by atoms with Gasteiger partial charge in [-0.3, -0.25) is 4.90 Å². The van der Waals surface area contributed by atoms with Crippen molar-refractivity contribution in [2.24, 2.45) is 17.1 Å². The van der Waals surface area contributed by atoms with E-state index in [4.69, 9.17) is 10.5 Å². The van der Waals surface area contributed by atoms with Gasteiger partial charge in [0, 0.05) is 24.7 Å². The molecule has 2 rings (SSSR count). The molecule has 106 valence electrons. The van der Waals surface area contributed by atoms with E-state index in [9.17, 15) is 0 Å². The minimum atomic E-state index is 0.199. The van der Waals surface area contributed by atoms with Crippen LogP contribution in [-0.2, 0) is 4.74 Å². The molecule has 1 saturated heterocycles. The van der Waals surface area contributed by atoms with Crippen LogP contribution in [0.3, 0.4) is 0 Å². The maximum atomic E-state index is 6.23. The zero-order valence-electron chi connectivity index (χ0n) is 12.5. The van der Waals surface area contributed by atoms with Crippen LogP contribution in [0.5, 0.6) is 0 Å². The van der Waals surface area contributed by atoms with Crippen molar-refractivity contribution in [1.82, 2.24) is 4.90 Å². The van der Waals surface area contributed by atoms with E-state index in [0.29, 0.717) is 11.5 Å². The standard InChI is InChI=1S/C15H30N2O/c1-12-7-14(3,4)10-15(8-12,11-16)17-5-6-18-9-13(17)2/h12-13H,5-11,16H2,1-4H3. The third-order valence-electron chi connectivity index (χ3n) is 4.79. The zero-order chi connectivity index (χ0) is 13.4. The van der Waals surface area contributed by atoms with Crippen LogP contribution in [0.15, 0.2) is 0 Å². The summed E-state index contributed by atoms with van der Waals surface area (Å²) in [6.07, 6.45) is 3.80. The highest BCUT2D eigenvalue weighted by Gasteiger charge is 2.47. The van der Waals surface area contributed by atoms with Crippen molar-refractivity contribution < 1.29 is 4.74 Å². The van der Waals surface area contributed by atoms with E-state index in [-0.39, 0.29) is 5.54 Å². The molecule has 1 aliphatic carbocycles. The number of ether oxygens (including phenoxy) is 1. The molecule has 0 radical (unpaired) electrons. The Balaban J connectivity index is 2.23. The van der Waals surface area contributed by atoms with Crippen molar-refractivity contribution in [2.75, 3.05) is 26.3 Å². The summed E-state index contributed by atoms with van der Waals surface area (Å²) in [5.41, 5.74) is 6.84. The van der Waals surface area contributed by atoms with Crippen LogP contribution < -0.4 is 5.73 Å². The number of hydrogen-bond acceptors (Lipinski definition) is 3. The summed E-state index contributed by atoms with van der Waals surface area (Å²) in [7, 11) is 0. The maximum Gasteiger partial charge on any atom is 0.0620 e. The zero-order valence-corrected chi connectivity index (χ0v) is 12.5. The van der Waals surface area contributed by atoms with Gasteiger partial charge in [-0.15, -0.1) is 0 Å². The first-order valence-corrected chi connectivity index (χ1v) is 7.43. The van der Waals surface area contributed by atoms with Crippen LogP contribution in [0.4, 0.5) is 0 Å². The monoisotopic (exact) mass is 254 g/mol. The minimum Gasteiger partial charge on any atom is -0.379 e. The molecule has 0 aromatic carbocycles. The number of nitrogens with zero attached hydrogens (tertiary/aromatic N) is 1. The van der Waals surface area contributed by atoms with Gasteiger partial charge in [0.05, 0.1) is 13.2 Å². The summed E-state index contributed by atoms with van der Waals surface area (Å²) in [6, 6.07) is 0.503. The number of rotatable bonds is 2. The molecule has 0 spiro atoms. The number of nitrogens with two attached hydrogens (primary N) is 1. The normalized spacial score (nSPS) is 41.8. The first-order chi connectivity index (χ1) is 8.38. The van der Waals surface area contributed by atoms with Gasteiger partial charge in [0.15, 0.2) is 0 Å². The van der Waals surface area contributed by atoms with Gasteiger partial charge in [0.2, 0.25) is 0 Å². The van der Waals surface area contributed by atoms with E-state index in [1.54, 1.807) is 0 Å². The van der Waals surface area contributed by atoms with Crippen molar-refractivity contribution in [3.8, 4) is 0 Å². The molecule has 2 N–H and O–H groups in total. The molecule has 2 fully saturated rings. The van der Waals surface area contributed by atoms with Gasteiger partial charge in [-0.25, -0.2) is 0 Å². The Morgan fingerprint density at radius 2 is 2.00 bits per heavy atom. The fourth-order valence-corrected chi connectivity index (χ4v) is 4.62. The van der Waals surface area contributed by atoms with E-state index in [2.05, 4.69) is 32.6 Å². The Labute approximate surface area is 112 Å². The lowest BCUT2D eigenvalue weighted by Crippen LogP contribution is -2.64. The Kier molecular flexibility index (Phi) is 4.05. The van der Waals surface area contributed by atoms with Gasteiger partial charge in [-0.1, -0.05) is 20.8 Å². The quantitative estimate of drug-likeness (QED) is 0.821. The molecule has 3 nitrogen and oxygen atoms in total. The summed E-state index contributed by atoms with van der Waals surface area (Å²) in [6.45, 7) is 13.0. The summed E-state index contributed by atoms with van der Waals surface area (Å²) >= 11 is 0. The summed E-state index contributed by atoms with van der Waals surface area (Å²) < 4.78 is 5.59. The van der Waals surface area contributed by atoms with Gasteiger partial charge in [0.25, 0.3) is 0 Å². The molecule has 2 aliphatic rings. The average Bonchev–Trinajstić information content (AvgIpc) is 2.26. The third kappa shape index (κ3) is 2.73. The molecular formula is C15H30N2O. The Morgan fingerprint density at radius 3 is 2.56 bits per heavy atom. The third-order valence-corrected chi connectivity index (χ3v) is 4.79. The predicted molar refractivity (Wildman–Crippen MR) is 75.6 cm³/mol. The Hall–Kier alpha value is -0.120. The maximum absolute atomic E-state index is 6.23. The second-order valence-electron chi connectivity index (χ2n) is 7.40. The molecule has 0 bridgehead atoms. The van der Waals surface area contributed by atoms with Crippen LogP contribution in [0, 0.1) is 11.3 Å². The van der Waals surface area contributed by atoms with E-state index in [1.807, 2.05) is 0 Å². The summed E-state index contributed by atoms with van der Waals surface area (Å²) in [5, 5.41) is 0. The average molecular weight is 254 g/mol. The molecule has 1 heterocycles. The lowest BCUT2D eigenvalue weighted by Gasteiger charge is -2.55. The van der Waals surface area contributed by atoms with Gasteiger partial charge in [-0.05, 0) is 37.5 Å². The Morgan fingerprint density at radius 1 is 1.28 bits per heavy atom. The number of hydrogen-bond donors (Lipinski definition) is 1. The first kappa shape index (κ1) is 14.3. The molecule has 18 heavy (non-hydrogen) atoms. The van der Waals surface area contributed by atoms with Gasteiger partial charge in [0.1, 0.15) is 0 Å². The fourth-order valence-electron chi connectivity index (χ4n) is 4.62. The van der Waals surface area contributed by atoms with Crippen LogP contribution in [0.25, 0.3) is 0 Å². The summed E-state index contributed by atoms with van der Waals surface area (Å²) in [4.78, 5) is 2.65. The lowest BCUT2D eigenvalue weighted by atomic mass is 9.63. The summed E-state index contributed by atoms with van der Waals surface area (Å²) in [5.74, 6) is 0.771. The van der Waals surface area contributed by atoms with Gasteiger partial charge < -0.3 is 10.5 Å². The smallest absolute Gasteiger partial charge is 0.0620 e. The molecule has 3 atom stereocenters. The largest absolute Gasteiger partial charge is 0.379 e. The molecule has 1 saturated carbocycles. The Bertz CT molecular complexity index is 292. The van der Waals surface area contributed by atoms with Crippen LogP contribution in [-0.4, -0.2) is 42.8 Å².